The molecular weight excluding hydrogens is 244 g/mol. The summed E-state index contributed by atoms with van der Waals surface area (Å²) in [5, 5.41) is 0. The second-order valence-corrected chi connectivity index (χ2v) is 8.62. The Hall–Kier alpha value is -0.330. The summed E-state index contributed by atoms with van der Waals surface area (Å²) in [5.74, 6) is 4.62. The minimum absolute atomic E-state index is 0.157. The van der Waals surface area contributed by atoms with Gasteiger partial charge in [0.2, 0.25) is 0 Å². The van der Waals surface area contributed by atoms with Gasteiger partial charge in [0.05, 0.1) is 0 Å². The van der Waals surface area contributed by atoms with Gasteiger partial charge in [-0.2, -0.15) is 0 Å². The average molecular weight is 274 g/mol. The van der Waals surface area contributed by atoms with Gasteiger partial charge in [0, 0.05) is 11.3 Å². The normalized spacial score (nSPS) is 50.4. The molecule has 4 bridgehead atoms. The highest BCUT2D eigenvalue weighted by Gasteiger charge is 2.56. The molecule has 5 aliphatic carbocycles. The van der Waals surface area contributed by atoms with Gasteiger partial charge >= 0.3 is 0 Å². The Morgan fingerprint density at radius 2 is 1.50 bits per heavy atom. The highest BCUT2D eigenvalue weighted by Crippen LogP contribution is 2.61. The van der Waals surface area contributed by atoms with Crippen molar-refractivity contribution in [1.82, 2.24) is 0 Å². The largest absolute Gasteiger partial charge is 0.299 e. The third kappa shape index (κ3) is 1.99. The Bertz CT molecular complexity index is 361. The van der Waals surface area contributed by atoms with Crippen molar-refractivity contribution in [3.63, 3.8) is 0 Å². The monoisotopic (exact) mass is 274 g/mol. The molecule has 0 aromatic rings. The zero-order valence-electron chi connectivity index (χ0n) is 13.1. The average Bonchev–Trinajstić information content (AvgIpc) is 2.45. The molecule has 2 unspecified atom stereocenters. The molecule has 5 aliphatic rings. The summed E-state index contributed by atoms with van der Waals surface area (Å²) >= 11 is 0. The van der Waals surface area contributed by atoms with Gasteiger partial charge in [-0.1, -0.05) is 26.2 Å². The van der Waals surface area contributed by atoms with E-state index >= 15 is 0 Å². The van der Waals surface area contributed by atoms with Crippen molar-refractivity contribution in [2.75, 3.05) is 0 Å². The first-order valence-electron chi connectivity index (χ1n) is 9.24. The van der Waals surface area contributed by atoms with E-state index in [9.17, 15) is 4.79 Å². The summed E-state index contributed by atoms with van der Waals surface area (Å²) in [5.41, 5.74) is 0.157. The third-order valence-corrected chi connectivity index (χ3v) is 7.33. The Morgan fingerprint density at radius 1 is 0.950 bits per heavy atom. The van der Waals surface area contributed by atoms with E-state index in [0.29, 0.717) is 11.8 Å². The number of hydrogen-bond donors (Lipinski definition) is 0. The lowest BCUT2D eigenvalue weighted by atomic mass is 9.47. The number of Topliss-reactive ketones (excluding diaryl/α,β-unsaturated/α-hetero) is 1. The van der Waals surface area contributed by atoms with E-state index in [-0.39, 0.29) is 5.41 Å². The van der Waals surface area contributed by atoms with Gasteiger partial charge in [-0.15, -0.1) is 0 Å². The summed E-state index contributed by atoms with van der Waals surface area (Å²) in [4.78, 5) is 13.4. The van der Waals surface area contributed by atoms with E-state index in [2.05, 4.69) is 6.92 Å². The van der Waals surface area contributed by atoms with Gasteiger partial charge in [0.1, 0.15) is 5.78 Å². The molecule has 5 fully saturated rings. The van der Waals surface area contributed by atoms with E-state index < -0.39 is 0 Å². The van der Waals surface area contributed by atoms with Gasteiger partial charge in [0.25, 0.3) is 0 Å². The van der Waals surface area contributed by atoms with E-state index in [4.69, 9.17) is 0 Å². The zero-order valence-corrected chi connectivity index (χ0v) is 13.1. The molecule has 0 spiro atoms. The van der Waals surface area contributed by atoms with Crippen LogP contribution in [0.4, 0.5) is 0 Å². The summed E-state index contributed by atoms with van der Waals surface area (Å²) in [6.45, 7) is 2.30. The third-order valence-electron chi connectivity index (χ3n) is 7.33. The molecule has 1 heteroatoms. The molecule has 1 nitrogen and oxygen atoms in total. The first-order chi connectivity index (χ1) is 9.70. The maximum absolute atomic E-state index is 13.4. The maximum atomic E-state index is 13.4. The molecule has 0 saturated heterocycles. The summed E-state index contributed by atoms with van der Waals surface area (Å²) < 4.78 is 0. The molecule has 20 heavy (non-hydrogen) atoms. The molecule has 2 atom stereocenters. The molecule has 0 aromatic carbocycles. The van der Waals surface area contributed by atoms with Crippen molar-refractivity contribution in [3.8, 4) is 0 Å². The van der Waals surface area contributed by atoms with Crippen LogP contribution in [0, 0.1) is 35.0 Å². The van der Waals surface area contributed by atoms with Crippen molar-refractivity contribution in [2.24, 2.45) is 35.0 Å². The second kappa shape index (κ2) is 4.85. The number of hydrogen-bond acceptors (Lipinski definition) is 1. The van der Waals surface area contributed by atoms with Crippen LogP contribution in [-0.2, 0) is 4.79 Å². The second-order valence-electron chi connectivity index (χ2n) is 8.62. The smallest absolute Gasteiger partial charge is 0.142 e. The lowest BCUT2D eigenvalue weighted by Gasteiger charge is -2.57. The Balaban J connectivity index is 1.58. The molecule has 0 aromatic heterocycles. The highest BCUT2D eigenvalue weighted by atomic mass is 16.1. The standard InChI is InChI=1S/C19H30O/c1-2-16-5-3-4-6-17(16)18(20)19-10-13-7-14(11-19)9-15(8-13)12-19/h13-17H,2-12H2,1H3. The molecule has 112 valence electrons. The Morgan fingerprint density at radius 3 is 2.05 bits per heavy atom. The molecule has 5 rings (SSSR count). The first-order valence-corrected chi connectivity index (χ1v) is 9.24. The van der Waals surface area contributed by atoms with Crippen LogP contribution in [0.2, 0.25) is 0 Å². The lowest BCUT2D eigenvalue weighted by molar-refractivity contribution is -0.151. The Kier molecular flexibility index (Phi) is 3.23. The van der Waals surface area contributed by atoms with Crippen molar-refractivity contribution >= 4 is 5.78 Å². The first kappa shape index (κ1) is 13.3. The van der Waals surface area contributed by atoms with E-state index in [1.165, 1.54) is 70.6 Å². The zero-order chi connectivity index (χ0) is 13.7. The number of carbonyl (C=O) groups is 1. The maximum Gasteiger partial charge on any atom is 0.142 e. The van der Waals surface area contributed by atoms with E-state index in [1.807, 2.05) is 0 Å². The van der Waals surface area contributed by atoms with E-state index in [0.717, 1.165) is 23.5 Å². The van der Waals surface area contributed by atoms with Crippen LogP contribution in [0.3, 0.4) is 0 Å². The highest BCUT2D eigenvalue weighted by molar-refractivity contribution is 5.88. The van der Waals surface area contributed by atoms with Crippen molar-refractivity contribution in [2.45, 2.75) is 77.6 Å². The van der Waals surface area contributed by atoms with Gasteiger partial charge in [-0.05, 0) is 75.0 Å². The van der Waals surface area contributed by atoms with Gasteiger partial charge in [0.15, 0.2) is 0 Å². The minimum atomic E-state index is 0.157. The van der Waals surface area contributed by atoms with Crippen LogP contribution in [-0.4, -0.2) is 5.78 Å². The molecule has 0 N–H and O–H groups in total. The van der Waals surface area contributed by atoms with Crippen LogP contribution >= 0.6 is 0 Å². The molecule has 0 heterocycles. The summed E-state index contributed by atoms with van der Waals surface area (Å²) in [7, 11) is 0. The fourth-order valence-corrected chi connectivity index (χ4v) is 6.85. The molecule has 0 aliphatic heterocycles. The molecule has 0 amide bonds. The fourth-order valence-electron chi connectivity index (χ4n) is 6.85. The molecular formula is C19H30O. The molecule has 0 radical (unpaired) electrons. The van der Waals surface area contributed by atoms with Crippen LogP contribution in [0.5, 0.6) is 0 Å². The topological polar surface area (TPSA) is 17.1 Å². The van der Waals surface area contributed by atoms with Crippen LogP contribution in [0.25, 0.3) is 0 Å². The van der Waals surface area contributed by atoms with Crippen molar-refractivity contribution < 1.29 is 4.79 Å². The summed E-state index contributed by atoms with van der Waals surface area (Å²) in [6.07, 6.45) is 14.6. The predicted octanol–water partition coefficient (Wildman–Crippen LogP) is 4.99. The van der Waals surface area contributed by atoms with Crippen molar-refractivity contribution in [1.29, 1.82) is 0 Å². The van der Waals surface area contributed by atoms with Gasteiger partial charge in [-0.25, -0.2) is 0 Å². The number of rotatable bonds is 3. The fraction of sp³-hybridized carbons (Fsp3) is 0.947. The minimum Gasteiger partial charge on any atom is -0.299 e. The quantitative estimate of drug-likeness (QED) is 0.708. The van der Waals surface area contributed by atoms with Crippen LogP contribution in [0.1, 0.15) is 77.6 Å². The van der Waals surface area contributed by atoms with Gasteiger partial charge in [-0.3, -0.25) is 4.79 Å². The lowest BCUT2D eigenvalue weighted by Crippen LogP contribution is -2.52. The predicted molar refractivity (Wildman–Crippen MR) is 81.4 cm³/mol. The van der Waals surface area contributed by atoms with Crippen molar-refractivity contribution in [3.05, 3.63) is 0 Å². The van der Waals surface area contributed by atoms with Crippen LogP contribution < -0.4 is 0 Å². The Labute approximate surface area is 123 Å². The van der Waals surface area contributed by atoms with E-state index in [1.54, 1.807) is 0 Å². The molecule has 5 saturated carbocycles. The number of ketones is 1. The number of carbonyl (C=O) groups excluding carboxylic acids is 1. The summed E-state index contributed by atoms with van der Waals surface area (Å²) in [6, 6.07) is 0. The van der Waals surface area contributed by atoms with Gasteiger partial charge < -0.3 is 0 Å². The van der Waals surface area contributed by atoms with Crippen LogP contribution in [0.15, 0.2) is 0 Å². The SMILES string of the molecule is CCC1CCCCC1C(=O)C12CC3CC(CC(C3)C1)C2.